The van der Waals surface area contributed by atoms with Crippen LogP contribution in [0.5, 0.6) is 11.5 Å². The number of H-pyrrole nitrogens is 1. The molecule has 0 saturated carbocycles. The van der Waals surface area contributed by atoms with Gasteiger partial charge in [0.2, 0.25) is 0 Å². The van der Waals surface area contributed by atoms with Gasteiger partial charge in [0.25, 0.3) is 0 Å². The summed E-state index contributed by atoms with van der Waals surface area (Å²) in [7, 11) is 0. The first kappa shape index (κ1) is 11.9. The van der Waals surface area contributed by atoms with Crippen molar-refractivity contribution in [1.29, 1.82) is 5.26 Å². The van der Waals surface area contributed by atoms with Crippen LogP contribution >= 0.6 is 0 Å². The first-order chi connectivity index (χ1) is 9.78. The summed E-state index contributed by atoms with van der Waals surface area (Å²) in [6.07, 6.45) is 3.10. The molecule has 1 aromatic carbocycles. The van der Waals surface area contributed by atoms with Crippen LogP contribution < -0.4 is 4.74 Å². The molecule has 3 aromatic rings. The number of hydrogen-bond acceptors (Lipinski definition) is 6. The van der Waals surface area contributed by atoms with Crippen molar-refractivity contribution in [2.75, 3.05) is 6.61 Å². The average molecular weight is 267 g/mol. The predicted octanol–water partition coefficient (Wildman–Crippen LogP) is 1.63. The molecule has 3 rings (SSSR count). The Morgan fingerprint density at radius 3 is 2.90 bits per heavy atom. The highest BCUT2D eigenvalue weighted by atomic mass is 16.5. The predicted molar refractivity (Wildman–Crippen MR) is 69.9 cm³/mol. The summed E-state index contributed by atoms with van der Waals surface area (Å²) in [6, 6.07) is 6.63. The summed E-state index contributed by atoms with van der Waals surface area (Å²) in [5, 5.41) is 26.0. The van der Waals surface area contributed by atoms with Gasteiger partial charge in [0.15, 0.2) is 6.61 Å². The van der Waals surface area contributed by atoms with E-state index >= 15 is 0 Å². The number of hydrogen-bond donors (Lipinski definition) is 2. The van der Waals surface area contributed by atoms with Crippen LogP contribution in [0.1, 0.15) is 0 Å². The Morgan fingerprint density at radius 2 is 2.15 bits per heavy atom. The number of phenolic OH excluding ortho intramolecular Hbond substituents is 1. The first-order valence-corrected chi connectivity index (χ1v) is 5.77. The molecule has 0 spiro atoms. The van der Waals surface area contributed by atoms with Gasteiger partial charge in [-0.15, -0.1) is 0 Å². The highest BCUT2D eigenvalue weighted by Gasteiger charge is 2.11. The number of fused-ring (bicyclic) bond motifs is 1. The van der Waals surface area contributed by atoms with Gasteiger partial charge in [0, 0.05) is 6.07 Å². The molecule has 0 saturated heterocycles. The third-order valence-electron chi connectivity index (χ3n) is 2.72. The van der Waals surface area contributed by atoms with Gasteiger partial charge in [-0.1, -0.05) is 0 Å². The van der Waals surface area contributed by atoms with Crippen LogP contribution in [-0.2, 0) is 0 Å². The third kappa shape index (κ3) is 2.10. The standard InChI is InChI=1S/C13H9N5O2/c14-3-4-20-8-1-2-9(12(19)5-8)13-17-10-6-15-16-7-11(10)18-13/h1-2,5-7,19H,4H2,(H,17,18). The van der Waals surface area contributed by atoms with Crippen molar-refractivity contribution >= 4 is 11.0 Å². The van der Waals surface area contributed by atoms with Crippen LogP contribution in [0.25, 0.3) is 22.4 Å². The summed E-state index contributed by atoms with van der Waals surface area (Å²) in [4.78, 5) is 7.37. The number of aromatic nitrogens is 4. The normalized spacial score (nSPS) is 10.3. The minimum atomic E-state index is -0.0687. The number of nitriles is 1. The lowest BCUT2D eigenvalue weighted by Gasteiger charge is -2.05. The van der Waals surface area contributed by atoms with Crippen LogP contribution in [0.2, 0.25) is 0 Å². The molecule has 0 bridgehead atoms. The van der Waals surface area contributed by atoms with E-state index in [4.69, 9.17) is 10.00 Å². The van der Waals surface area contributed by atoms with Gasteiger partial charge in [0.1, 0.15) is 28.9 Å². The van der Waals surface area contributed by atoms with Crippen LogP contribution in [0.15, 0.2) is 30.6 Å². The molecule has 0 amide bonds. The second kappa shape index (κ2) is 4.85. The molecule has 20 heavy (non-hydrogen) atoms. The summed E-state index contributed by atoms with van der Waals surface area (Å²) in [5.74, 6) is 0.951. The second-order valence-corrected chi connectivity index (χ2v) is 4.00. The highest BCUT2D eigenvalue weighted by Crippen LogP contribution is 2.31. The number of imidazole rings is 1. The van der Waals surface area contributed by atoms with E-state index in [9.17, 15) is 5.11 Å². The van der Waals surface area contributed by atoms with Gasteiger partial charge in [-0.25, -0.2) is 4.98 Å². The Kier molecular flexibility index (Phi) is 2.89. The number of benzene rings is 1. The molecular formula is C13H9N5O2. The Morgan fingerprint density at radius 1 is 1.30 bits per heavy atom. The van der Waals surface area contributed by atoms with Crippen molar-refractivity contribution in [3.63, 3.8) is 0 Å². The van der Waals surface area contributed by atoms with E-state index in [1.807, 2.05) is 6.07 Å². The number of phenols is 1. The van der Waals surface area contributed by atoms with Crippen LogP contribution in [-0.4, -0.2) is 31.9 Å². The smallest absolute Gasteiger partial charge is 0.174 e. The molecule has 7 heteroatoms. The minimum Gasteiger partial charge on any atom is -0.507 e. The minimum absolute atomic E-state index is 0.0143. The molecule has 2 heterocycles. The Bertz CT molecular complexity index is 773. The van der Waals surface area contributed by atoms with Crippen LogP contribution in [0, 0.1) is 11.3 Å². The fourth-order valence-electron chi connectivity index (χ4n) is 1.82. The number of aromatic hydroxyl groups is 1. The maximum atomic E-state index is 10.0. The molecule has 0 aliphatic carbocycles. The topological polar surface area (TPSA) is 108 Å². The lowest BCUT2D eigenvalue weighted by molar-refractivity contribution is 0.364. The van der Waals surface area contributed by atoms with E-state index in [0.29, 0.717) is 22.7 Å². The molecule has 0 aliphatic heterocycles. The van der Waals surface area contributed by atoms with Gasteiger partial charge in [-0.3, -0.25) is 0 Å². The fourth-order valence-corrected chi connectivity index (χ4v) is 1.82. The number of nitrogens with one attached hydrogen (secondary N) is 1. The zero-order valence-electron chi connectivity index (χ0n) is 10.2. The molecule has 7 nitrogen and oxygen atoms in total. The van der Waals surface area contributed by atoms with Gasteiger partial charge in [-0.05, 0) is 12.1 Å². The second-order valence-electron chi connectivity index (χ2n) is 4.00. The molecule has 98 valence electrons. The van der Waals surface area contributed by atoms with Crippen molar-refractivity contribution in [1.82, 2.24) is 20.2 Å². The average Bonchev–Trinajstić information content (AvgIpc) is 2.88. The maximum absolute atomic E-state index is 10.0. The number of ether oxygens (including phenoxy) is 1. The third-order valence-corrected chi connectivity index (χ3v) is 2.72. The van der Waals surface area contributed by atoms with Gasteiger partial charge in [0.05, 0.1) is 23.5 Å². The molecular weight excluding hydrogens is 258 g/mol. The van der Waals surface area contributed by atoms with Crippen molar-refractivity contribution < 1.29 is 9.84 Å². The number of rotatable bonds is 3. The Balaban J connectivity index is 1.99. The van der Waals surface area contributed by atoms with E-state index in [-0.39, 0.29) is 12.4 Å². The summed E-state index contributed by atoms with van der Waals surface area (Å²) >= 11 is 0. The molecule has 0 aliphatic rings. The molecule has 2 aromatic heterocycles. The van der Waals surface area contributed by atoms with Crippen LogP contribution in [0.3, 0.4) is 0 Å². The molecule has 0 atom stereocenters. The molecule has 0 unspecified atom stereocenters. The van der Waals surface area contributed by atoms with Gasteiger partial charge in [-0.2, -0.15) is 15.5 Å². The Hall–Kier alpha value is -3.14. The summed E-state index contributed by atoms with van der Waals surface area (Å²) in [5.41, 5.74) is 1.93. The summed E-state index contributed by atoms with van der Waals surface area (Å²) < 4.78 is 5.11. The van der Waals surface area contributed by atoms with Crippen molar-refractivity contribution in [2.24, 2.45) is 0 Å². The number of aromatic amines is 1. The Labute approximate surface area is 113 Å². The van der Waals surface area contributed by atoms with E-state index < -0.39 is 0 Å². The van der Waals surface area contributed by atoms with Crippen molar-refractivity contribution in [3.05, 3.63) is 30.6 Å². The SMILES string of the molecule is N#CCOc1ccc(-c2nc3cnncc3[nH]2)c(O)c1. The number of nitrogens with zero attached hydrogens (tertiary/aromatic N) is 4. The van der Waals surface area contributed by atoms with E-state index in [1.165, 1.54) is 12.3 Å². The van der Waals surface area contributed by atoms with E-state index in [1.54, 1.807) is 18.3 Å². The van der Waals surface area contributed by atoms with Gasteiger partial charge >= 0.3 is 0 Å². The monoisotopic (exact) mass is 267 g/mol. The molecule has 2 N–H and O–H groups in total. The first-order valence-electron chi connectivity index (χ1n) is 5.77. The summed E-state index contributed by atoms with van der Waals surface area (Å²) in [6.45, 7) is -0.0687. The van der Waals surface area contributed by atoms with E-state index in [0.717, 1.165) is 5.52 Å². The zero-order chi connectivity index (χ0) is 13.9. The van der Waals surface area contributed by atoms with Crippen LogP contribution in [0.4, 0.5) is 0 Å². The largest absolute Gasteiger partial charge is 0.507 e. The quantitative estimate of drug-likeness (QED) is 0.746. The maximum Gasteiger partial charge on any atom is 0.174 e. The van der Waals surface area contributed by atoms with E-state index in [2.05, 4.69) is 20.2 Å². The highest BCUT2D eigenvalue weighted by molar-refractivity contribution is 5.79. The van der Waals surface area contributed by atoms with Crippen molar-refractivity contribution in [3.8, 4) is 29.0 Å². The lowest BCUT2D eigenvalue weighted by atomic mass is 10.2. The van der Waals surface area contributed by atoms with Gasteiger partial charge < -0.3 is 14.8 Å². The zero-order valence-corrected chi connectivity index (χ0v) is 10.2. The molecule has 0 radical (unpaired) electrons. The van der Waals surface area contributed by atoms with Crippen molar-refractivity contribution in [2.45, 2.75) is 0 Å². The fraction of sp³-hybridized carbons (Fsp3) is 0.0769. The lowest BCUT2D eigenvalue weighted by Crippen LogP contribution is -1.93. The molecule has 0 fully saturated rings.